The van der Waals surface area contributed by atoms with Crippen molar-refractivity contribution >= 4 is 23.3 Å². The fraction of sp³-hybridized carbons (Fsp3) is 0.480. The number of Topliss-reactive ketones (excluding diaryl/α,β-unsaturated/α-hetero) is 2. The smallest absolute Gasteiger partial charge is 0.333 e. The van der Waals surface area contributed by atoms with E-state index < -0.39 is 23.0 Å². The number of aliphatic hydroxyl groups is 1. The maximum absolute atomic E-state index is 12.6. The number of carbonyl (C=O) groups excluding carboxylic acids is 3. The molecule has 1 aromatic rings. The van der Waals surface area contributed by atoms with E-state index in [1.807, 2.05) is 26.8 Å². The largest absolute Gasteiger partial charge is 0.507 e. The van der Waals surface area contributed by atoms with E-state index in [-0.39, 0.29) is 41.6 Å². The molecule has 1 aromatic carbocycles. The van der Waals surface area contributed by atoms with E-state index in [0.29, 0.717) is 11.1 Å². The highest BCUT2D eigenvalue weighted by Gasteiger charge is 2.47. The van der Waals surface area contributed by atoms with Crippen molar-refractivity contribution in [2.24, 2.45) is 5.41 Å². The van der Waals surface area contributed by atoms with Crippen LogP contribution in [0.3, 0.4) is 0 Å². The molecule has 2 atom stereocenters. The first-order valence-electron chi connectivity index (χ1n) is 10.6. The molecule has 0 radical (unpaired) electrons. The standard InChI is InChI=1S/C25H30O6/c1-15(9-8-12-25(5)16(2)31-25)23(29)30-14-24(3,4)13-19-20(26)17-10-6-7-11-18(17)21(27)22(19)28/h6-7,9-11,16,26H,8,12-14H2,1-5H3/b15-9+/t16-,25+/m0/s1. The highest BCUT2D eigenvalue weighted by molar-refractivity contribution is 6.52. The minimum absolute atomic E-state index is 0.0504. The molecule has 0 saturated carbocycles. The summed E-state index contributed by atoms with van der Waals surface area (Å²) in [4.78, 5) is 37.3. The lowest BCUT2D eigenvalue weighted by atomic mass is 9.79. The second-order valence-electron chi connectivity index (χ2n) is 9.45. The Morgan fingerprint density at radius 2 is 1.84 bits per heavy atom. The lowest BCUT2D eigenvalue weighted by Crippen LogP contribution is -2.30. The van der Waals surface area contributed by atoms with E-state index in [2.05, 4.69) is 6.92 Å². The van der Waals surface area contributed by atoms with Gasteiger partial charge >= 0.3 is 5.97 Å². The van der Waals surface area contributed by atoms with Gasteiger partial charge in [0.05, 0.1) is 18.3 Å². The number of rotatable bonds is 8. The number of fused-ring (bicyclic) bond motifs is 1. The average molecular weight is 427 g/mol. The quantitative estimate of drug-likeness (QED) is 0.283. The zero-order valence-corrected chi connectivity index (χ0v) is 18.8. The second-order valence-corrected chi connectivity index (χ2v) is 9.45. The molecule has 2 aliphatic rings. The number of benzene rings is 1. The molecule has 1 aliphatic carbocycles. The summed E-state index contributed by atoms with van der Waals surface area (Å²) in [5.74, 6) is -1.94. The van der Waals surface area contributed by atoms with E-state index >= 15 is 0 Å². The molecule has 3 rings (SSSR count). The Bertz CT molecular complexity index is 983. The highest BCUT2D eigenvalue weighted by atomic mass is 16.6. The maximum atomic E-state index is 12.6. The fourth-order valence-corrected chi connectivity index (χ4v) is 3.78. The van der Waals surface area contributed by atoms with Crippen LogP contribution in [0, 0.1) is 5.41 Å². The molecule has 1 saturated heterocycles. The van der Waals surface area contributed by atoms with Crippen LogP contribution in [0.5, 0.6) is 0 Å². The van der Waals surface area contributed by atoms with Gasteiger partial charge in [-0.2, -0.15) is 0 Å². The number of esters is 1. The summed E-state index contributed by atoms with van der Waals surface area (Å²) in [6.45, 7) is 9.50. The Labute approximate surface area is 182 Å². The van der Waals surface area contributed by atoms with Gasteiger partial charge in [0.15, 0.2) is 0 Å². The zero-order valence-electron chi connectivity index (χ0n) is 18.8. The van der Waals surface area contributed by atoms with Crippen LogP contribution in [-0.2, 0) is 19.1 Å². The van der Waals surface area contributed by atoms with Gasteiger partial charge in [-0.15, -0.1) is 0 Å². The van der Waals surface area contributed by atoms with Gasteiger partial charge in [-0.1, -0.05) is 44.2 Å². The third-order valence-electron chi connectivity index (χ3n) is 6.10. The van der Waals surface area contributed by atoms with Crippen LogP contribution in [0.25, 0.3) is 5.76 Å². The van der Waals surface area contributed by atoms with Crippen molar-refractivity contribution in [3.05, 3.63) is 52.6 Å². The first-order chi connectivity index (χ1) is 14.4. The van der Waals surface area contributed by atoms with Crippen molar-refractivity contribution in [3.63, 3.8) is 0 Å². The van der Waals surface area contributed by atoms with Crippen LogP contribution < -0.4 is 0 Å². The Hall–Kier alpha value is -2.73. The number of hydrogen-bond donors (Lipinski definition) is 1. The van der Waals surface area contributed by atoms with Gasteiger partial charge in [-0.05, 0) is 40.0 Å². The number of allylic oxidation sites excluding steroid dienone is 2. The SMILES string of the molecule is C/C(=C\CC[C@@]1(C)O[C@H]1C)C(=O)OCC(C)(C)CC1=C(O)c2ccccc2C(=O)C1=O. The number of ether oxygens (including phenoxy) is 2. The first-order valence-corrected chi connectivity index (χ1v) is 10.6. The molecule has 1 N–H and O–H groups in total. The van der Waals surface area contributed by atoms with E-state index in [4.69, 9.17) is 9.47 Å². The Morgan fingerprint density at radius 3 is 2.45 bits per heavy atom. The zero-order chi connectivity index (χ0) is 23.0. The molecule has 0 amide bonds. The summed E-state index contributed by atoms with van der Waals surface area (Å²) >= 11 is 0. The van der Waals surface area contributed by atoms with Crippen molar-refractivity contribution < 1.29 is 29.0 Å². The predicted molar refractivity (Wildman–Crippen MR) is 117 cm³/mol. The summed E-state index contributed by atoms with van der Waals surface area (Å²) in [5, 5.41) is 10.6. The lowest BCUT2D eigenvalue weighted by Gasteiger charge is -2.27. The molecule has 0 spiro atoms. The molecule has 6 nitrogen and oxygen atoms in total. The molecule has 1 heterocycles. The van der Waals surface area contributed by atoms with Gasteiger partial charge in [0.1, 0.15) is 5.76 Å². The van der Waals surface area contributed by atoms with Crippen molar-refractivity contribution in [1.29, 1.82) is 0 Å². The van der Waals surface area contributed by atoms with Crippen molar-refractivity contribution in [1.82, 2.24) is 0 Å². The van der Waals surface area contributed by atoms with Crippen molar-refractivity contribution in [2.75, 3.05) is 6.61 Å². The Morgan fingerprint density at radius 1 is 1.23 bits per heavy atom. The van der Waals surface area contributed by atoms with Gasteiger partial charge in [0.2, 0.25) is 11.6 Å². The summed E-state index contributed by atoms with van der Waals surface area (Å²) in [6.07, 6.45) is 3.78. The van der Waals surface area contributed by atoms with Crippen molar-refractivity contribution in [2.45, 2.75) is 65.6 Å². The monoisotopic (exact) mass is 426 g/mol. The minimum atomic E-state index is -0.711. The van der Waals surface area contributed by atoms with Gasteiger partial charge in [-0.25, -0.2) is 4.79 Å². The normalized spacial score (nSPS) is 23.6. The number of hydrogen-bond acceptors (Lipinski definition) is 6. The molecular formula is C25H30O6. The second kappa shape index (κ2) is 8.42. The molecule has 0 aromatic heterocycles. The molecule has 166 valence electrons. The highest BCUT2D eigenvalue weighted by Crippen LogP contribution is 2.40. The van der Waals surface area contributed by atoms with E-state index in [9.17, 15) is 19.5 Å². The van der Waals surface area contributed by atoms with Crippen LogP contribution in [0.4, 0.5) is 0 Å². The van der Waals surface area contributed by atoms with Gasteiger partial charge in [-0.3, -0.25) is 9.59 Å². The molecule has 0 unspecified atom stereocenters. The third kappa shape index (κ3) is 4.96. The number of aliphatic hydroxyl groups excluding tert-OH is 1. The van der Waals surface area contributed by atoms with Crippen LogP contribution >= 0.6 is 0 Å². The molecular weight excluding hydrogens is 396 g/mol. The van der Waals surface area contributed by atoms with E-state index in [1.54, 1.807) is 25.1 Å². The minimum Gasteiger partial charge on any atom is -0.507 e. The van der Waals surface area contributed by atoms with Gasteiger partial charge < -0.3 is 14.6 Å². The fourth-order valence-electron chi connectivity index (χ4n) is 3.78. The van der Waals surface area contributed by atoms with Crippen LogP contribution in [0.15, 0.2) is 41.5 Å². The molecule has 6 heteroatoms. The first kappa shape index (κ1) is 22.9. The molecule has 31 heavy (non-hydrogen) atoms. The Balaban J connectivity index is 1.61. The molecule has 1 fully saturated rings. The summed E-state index contributed by atoms with van der Waals surface area (Å²) < 4.78 is 11.0. The average Bonchev–Trinajstić information content (AvgIpc) is 3.33. The molecule has 1 aliphatic heterocycles. The van der Waals surface area contributed by atoms with Crippen LogP contribution in [-0.4, -0.2) is 41.0 Å². The number of carbonyl (C=O) groups is 3. The third-order valence-corrected chi connectivity index (χ3v) is 6.10. The van der Waals surface area contributed by atoms with Gasteiger partial charge in [0.25, 0.3) is 0 Å². The lowest BCUT2D eigenvalue weighted by molar-refractivity contribution is -0.141. The van der Waals surface area contributed by atoms with Crippen LogP contribution in [0.2, 0.25) is 0 Å². The maximum Gasteiger partial charge on any atom is 0.333 e. The van der Waals surface area contributed by atoms with Gasteiger partial charge in [0, 0.05) is 27.7 Å². The summed E-state index contributed by atoms with van der Waals surface area (Å²) in [7, 11) is 0. The summed E-state index contributed by atoms with van der Waals surface area (Å²) in [5.41, 5.74) is 0.402. The summed E-state index contributed by atoms with van der Waals surface area (Å²) in [6, 6.07) is 6.50. The van der Waals surface area contributed by atoms with Crippen molar-refractivity contribution in [3.8, 4) is 0 Å². The molecule has 0 bridgehead atoms. The van der Waals surface area contributed by atoms with E-state index in [1.165, 1.54) is 6.07 Å². The van der Waals surface area contributed by atoms with E-state index in [0.717, 1.165) is 12.8 Å². The number of ketones is 2. The Kier molecular flexibility index (Phi) is 6.23. The topological polar surface area (TPSA) is 93.2 Å². The number of epoxide rings is 1. The van der Waals surface area contributed by atoms with Crippen LogP contribution in [0.1, 0.15) is 69.8 Å². The predicted octanol–water partition coefficient (Wildman–Crippen LogP) is 4.58.